The van der Waals surface area contributed by atoms with Gasteiger partial charge in [-0.3, -0.25) is 9.59 Å². The number of rotatable bonds is 9. The highest BCUT2D eigenvalue weighted by Gasteiger charge is 2.50. The Balaban J connectivity index is 1.45. The van der Waals surface area contributed by atoms with Crippen molar-refractivity contribution >= 4 is 27.9 Å². The first-order chi connectivity index (χ1) is 23.2. The lowest BCUT2D eigenvalue weighted by atomic mass is 9.71. The highest BCUT2D eigenvalue weighted by Crippen LogP contribution is 2.52. The number of aliphatic hydroxyl groups is 2. The zero-order valence-electron chi connectivity index (χ0n) is 26.3. The Bertz CT molecular complexity index is 1930. The molecule has 0 spiro atoms. The Labute approximate surface area is 280 Å². The zero-order chi connectivity index (χ0) is 35.4. The molecule has 15 nitrogen and oxygen atoms in total. The summed E-state index contributed by atoms with van der Waals surface area (Å²) in [6.45, 7) is 1.56. The zero-order valence-corrected chi connectivity index (χ0v) is 27.1. The van der Waals surface area contributed by atoms with Gasteiger partial charge in [-0.2, -0.15) is 0 Å². The molecule has 1 heterocycles. The molecule has 2 aliphatic carbocycles. The van der Waals surface area contributed by atoms with E-state index in [9.17, 15) is 43.2 Å². The maximum atomic E-state index is 13.9. The first-order valence-corrected chi connectivity index (χ1v) is 16.8. The molecule has 0 aromatic heterocycles. The van der Waals surface area contributed by atoms with Crippen molar-refractivity contribution in [3.63, 3.8) is 0 Å². The van der Waals surface area contributed by atoms with Crippen LogP contribution in [0.5, 0.6) is 17.2 Å². The average molecular weight is 698 g/mol. The second-order valence-electron chi connectivity index (χ2n) is 12.3. The molecule has 8 N–H and O–H groups in total. The lowest BCUT2D eigenvalue weighted by Crippen LogP contribution is -2.60. The summed E-state index contributed by atoms with van der Waals surface area (Å²) in [5, 5.41) is 45.8. The van der Waals surface area contributed by atoms with Crippen LogP contribution in [0, 0.1) is 0 Å². The van der Waals surface area contributed by atoms with E-state index in [1.165, 1.54) is 49.6 Å². The molecule has 3 aliphatic rings. The number of sulfonamides is 1. The number of benzene rings is 3. The van der Waals surface area contributed by atoms with Crippen LogP contribution in [0.15, 0.2) is 53.4 Å². The number of fused-ring (bicyclic) bond motifs is 3. The van der Waals surface area contributed by atoms with Gasteiger partial charge < -0.3 is 45.2 Å². The van der Waals surface area contributed by atoms with Gasteiger partial charge in [0.2, 0.25) is 5.78 Å². The molecule has 3 aromatic rings. The first-order valence-electron chi connectivity index (χ1n) is 15.3. The van der Waals surface area contributed by atoms with Crippen LogP contribution in [-0.4, -0.2) is 90.0 Å². The summed E-state index contributed by atoms with van der Waals surface area (Å²) in [4.78, 5) is 42.2. The largest absolute Gasteiger partial charge is 0.507 e. The lowest BCUT2D eigenvalue weighted by Gasteiger charge is -2.44. The molecule has 0 amide bonds. The fourth-order valence-electron chi connectivity index (χ4n) is 6.75. The highest BCUT2D eigenvalue weighted by molar-refractivity contribution is 7.89. The van der Waals surface area contributed by atoms with Crippen LogP contribution in [0.4, 0.5) is 0 Å². The molecule has 260 valence electrons. The van der Waals surface area contributed by atoms with Gasteiger partial charge in [0.25, 0.3) is 10.0 Å². The van der Waals surface area contributed by atoms with Gasteiger partial charge in [-0.15, -0.1) is 4.83 Å². The molecule has 0 saturated carbocycles. The van der Waals surface area contributed by atoms with Crippen LogP contribution in [0.2, 0.25) is 0 Å². The van der Waals surface area contributed by atoms with Crippen molar-refractivity contribution in [2.45, 2.75) is 73.4 Å². The predicted octanol–water partition coefficient (Wildman–Crippen LogP) is 0.491. The summed E-state index contributed by atoms with van der Waals surface area (Å²) in [6, 6.07) is 9.08. The van der Waals surface area contributed by atoms with Crippen LogP contribution in [0.3, 0.4) is 0 Å². The molecule has 1 unspecified atom stereocenters. The smallest absolute Gasteiger partial charge is 0.253 e. The number of phenolic OH excluding ortho intramolecular Hbond substituents is 2. The quantitative estimate of drug-likeness (QED) is 0.0715. The van der Waals surface area contributed by atoms with E-state index in [2.05, 4.69) is 10.3 Å². The normalized spacial score (nSPS) is 27.1. The van der Waals surface area contributed by atoms with Crippen molar-refractivity contribution < 1.29 is 57.4 Å². The summed E-state index contributed by atoms with van der Waals surface area (Å²) in [7, 11) is -2.91. The van der Waals surface area contributed by atoms with Crippen molar-refractivity contribution in [1.29, 1.82) is 0 Å². The number of hydrogen-bond donors (Lipinski definition) is 7. The van der Waals surface area contributed by atoms with Gasteiger partial charge in [0.05, 0.1) is 52.6 Å². The Morgan fingerprint density at radius 1 is 1.04 bits per heavy atom. The van der Waals surface area contributed by atoms with E-state index in [-0.39, 0.29) is 45.6 Å². The molecule has 1 aliphatic heterocycles. The van der Waals surface area contributed by atoms with Crippen LogP contribution < -0.4 is 20.7 Å². The number of carbonyl (C=O) groups is 3. The highest BCUT2D eigenvalue weighted by atomic mass is 32.2. The molecule has 0 radical (unpaired) electrons. The van der Waals surface area contributed by atoms with Gasteiger partial charge in [0.1, 0.15) is 29.6 Å². The summed E-state index contributed by atoms with van der Waals surface area (Å²) in [6.07, 6.45) is -5.28. The van der Waals surface area contributed by atoms with E-state index >= 15 is 0 Å². The number of aromatic hydroxyl groups is 2. The molecule has 1 saturated heterocycles. The van der Waals surface area contributed by atoms with Gasteiger partial charge in [-0.1, -0.05) is 30.3 Å². The molecule has 0 bridgehead atoms. The van der Waals surface area contributed by atoms with Crippen molar-refractivity contribution in [2.24, 2.45) is 5.73 Å². The van der Waals surface area contributed by atoms with Gasteiger partial charge in [-0.25, -0.2) is 13.8 Å². The minimum atomic E-state index is -4.22. The predicted molar refractivity (Wildman–Crippen MR) is 169 cm³/mol. The number of aliphatic hydroxyl groups excluding tert-OH is 1. The number of hydrogen-bond acceptors (Lipinski definition) is 14. The average Bonchev–Trinajstić information content (AvgIpc) is 3.07. The molecular formula is C33H35N3O12S. The number of ketones is 2. The monoisotopic (exact) mass is 697 g/mol. The molecule has 6 rings (SSSR count). The van der Waals surface area contributed by atoms with E-state index in [4.69, 9.17) is 19.9 Å². The topological polar surface area (TPSA) is 244 Å². The first kappa shape index (κ1) is 34.6. The molecule has 3 aromatic carbocycles. The summed E-state index contributed by atoms with van der Waals surface area (Å²) >= 11 is 0. The Morgan fingerprint density at radius 3 is 2.39 bits per heavy atom. The fraction of sp³-hybridized carbons (Fsp3) is 0.364. The number of nitrogens with two attached hydrogens (primary N) is 1. The molecule has 16 heteroatoms. The van der Waals surface area contributed by atoms with E-state index < -0.39 is 99.3 Å². The summed E-state index contributed by atoms with van der Waals surface area (Å²) in [5.74, 6) is -3.02. The molecule has 7 atom stereocenters. The van der Waals surface area contributed by atoms with E-state index in [0.29, 0.717) is 0 Å². The minimum absolute atomic E-state index is 0.0400. The standard InChI is InChI=1S/C33H35N3O12S/c1-15-28(38)19(34)11-23(47-15)48-21-13-33(43,22(14-37)35-36-49(44,45)16-7-4-3-5-8-16)12-18-25(21)32(42)27-26(30(18)40)29(39)17-9-6-10-20(46-2)24(17)31(27)41/h3-10,14-15,19,21-23,28,35-36,38,40,42-43H,11-13,34H2,1-2H3/t15-,19-,21-,22?,23-,28+,33-/m0/s1. The van der Waals surface area contributed by atoms with Gasteiger partial charge in [0.15, 0.2) is 12.1 Å². The third-order valence-electron chi connectivity index (χ3n) is 9.29. The Morgan fingerprint density at radius 2 is 1.73 bits per heavy atom. The maximum Gasteiger partial charge on any atom is 0.253 e. The Hall–Kier alpha value is -4.26. The van der Waals surface area contributed by atoms with Crippen LogP contribution in [0.1, 0.15) is 68.8 Å². The van der Waals surface area contributed by atoms with Crippen LogP contribution >= 0.6 is 0 Å². The molecule has 1 fully saturated rings. The lowest BCUT2D eigenvalue weighted by molar-refractivity contribution is -0.248. The second-order valence-corrected chi connectivity index (χ2v) is 14.0. The maximum absolute atomic E-state index is 13.9. The molecule has 49 heavy (non-hydrogen) atoms. The number of hydrazine groups is 1. The minimum Gasteiger partial charge on any atom is -0.507 e. The number of nitrogens with one attached hydrogen (secondary N) is 2. The third-order valence-corrected chi connectivity index (χ3v) is 10.6. The van der Waals surface area contributed by atoms with Crippen molar-refractivity contribution in [3.8, 4) is 17.2 Å². The van der Waals surface area contributed by atoms with Crippen LogP contribution in [-0.2, 0) is 30.7 Å². The number of aldehydes is 1. The number of methoxy groups -OCH3 is 1. The Kier molecular flexibility index (Phi) is 9.10. The molecular weight excluding hydrogens is 662 g/mol. The second kappa shape index (κ2) is 12.9. The van der Waals surface area contributed by atoms with Gasteiger partial charge >= 0.3 is 0 Å². The number of phenols is 2. The third kappa shape index (κ3) is 5.89. The van der Waals surface area contributed by atoms with Crippen molar-refractivity contribution in [2.75, 3.05) is 7.11 Å². The van der Waals surface area contributed by atoms with Crippen molar-refractivity contribution in [1.82, 2.24) is 10.3 Å². The van der Waals surface area contributed by atoms with Crippen molar-refractivity contribution in [3.05, 3.63) is 81.9 Å². The van der Waals surface area contributed by atoms with E-state index in [1.54, 1.807) is 13.0 Å². The van der Waals surface area contributed by atoms with Gasteiger partial charge in [-0.05, 0) is 25.1 Å². The summed E-state index contributed by atoms with van der Waals surface area (Å²) < 4.78 is 43.2. The summed E-state index contributed by atoms with van der Waals surface area (Å²) in [5.41, 5.74) is 4.58. The fourth-order valence-corrected chi connectivity index (χ4v) is 7.67. The number of carbonyl (C=O) groups excluding carboxylic acids is 3. The SMILES string of the molecule is COc1cccc2c1C(=O)c1c(O)c3c(c(O)c1C2=O)C[C@@](O)(C(C=O)NNS(=O)(=O)c1ccccc1)C[C@@H]3O[C@H]1C[C@H](N)[C@H](O)[C@H](C)O1. The van der Waals surface area contributed by atoms with Gasteiger partial charge in [0, 0.05) is 42.0 Å². The van der Waals surface area contributed by atoms with E-state index in [0.717, 1.165) is 0 Å². The van der Waals surface area contributed by atoms with E-state index in [1.807, 2.05) is 0 Å². The number of ether oxygens (including phenoxy) is 3. The van der Waals surface area contributed by atoms with Crippen LogP contribution in [0.25, 0.3) is 0 Å².